The van der Waals surface area contributed by atoms with Gasteiger partial charge < -0.3 is 9.47 Å². The average molecular weight is 303 g/mol. The average Bonchev–Trinajstić information content (AvgIpc) is 2.94. The molecule has 1 heterocycles. The summed E-state index contributed by atoms with van der Waals surface area (Å²) in [6, 6.07) is 3.89. The first-order valence-electron chi connectivity index (χ1n) is 7.40. The molecule has 0 fully saturated rings. The Morgan fingerprint density at radius 3 is 2.45 bits per heavy atom. The van der Waals surface area contributed by atoms with Gasteiger partial charge in [-0.2, -0.15) is 10.3 Å². The number of hydrogen-bond acceptors (Lipinski definition) is 5. The Hall–Kier alpha value is -2.37. The van der Waals surface area contributed by atoms with Gasteiger partial charge in [-0.15, -0.1) is 5.10 Å². The fourth-order valence-electron chi connectivity index (χ4n) is 2.35. The summed E-state index contributed by atoms with van der Waals surface area (Å²) < 4.78 is 10.7. The normalized spacial score (nSPS) is 10.5. The lowest BCUT2D eigenvalue weighted by Gasteiger charge is -2.12. The molecule has 2 rings (SSSR count). The lowest BCUT2D eigenvalue weighted by atomic mass is 9.98. The van der Waals surface area contributed by atoms with E-state index in [2.05, 4.69) is 22.3 Å². The molecule has 6 nitrogen and oxygen atoms in total. The maximum atomic E-state index is 12.0. The summed E-state index contributed by atoms with van der Waals surface area (Å²) in [4.78, 5) is 12.0. The highest BCUT2D eigenvalue weighted by atomic mass is 16.5. The van der Waals surface area contributed by atoms with Gasteiger partial charge in [-0.25, -0.2) is 4.79 Å². The molecule has 0 saturated heterocycles. The zero-order valence-electron chi connectivity index (χ0n) is 13.4. The molecule has 0 amide bonds. The number of aromatic amines is 1. The van der Waals surface area contributed by atoms with E-state index in [1.165, 1.54) is 0 Å². The standard InChI is InChI=1S/C16H21N3O3/c1-5-7-22-12-8-10(3)13(11(4)9-12)14-15(18-19-17-14)16(20)21-6-2/h8-9H,5-7H2,1-4H3,(H,17,18,19). The highest BCUT2D eigenvalue weighted by Gasteiger charge is 2.22. The molecule has 0 unspecified atom stereocenters. The van der Waals surface area contributed by atoms with Crippen molar-refractivity contribution in [3.63, 3.8) is 0 Å². The van der Waals surface area contributed by atoms with Crippen molar-refractivity contribution < 1.29 is 14.3 Å². The van der Waals surface area contributed by atoms with Gasteiger partial charge in [0.1, 0.15) is 11.4 Å². The van der Waals surface area contributed by atoms with Crippen molar-refractivity contribution in [2.75, 3.05) is 13.2 Å². The lowest BCUT2D eigenvalue weighted by Crippen LogP contribution is -2.07. The van der Waals surface area contributed by atoms with Crippen LogP contribution in [0.5, 0.6) is 5.75 Å². The number of ether oxygens (including phenoxy) is 2. The minimum atomic E-state index is -0.476. The van der Waals surface area contributed by atoms with Gasteiger partial charge in [0.15, 0.2) is 5.69 Å². The predicted octanol–water partition coefficient (Wildman–Crippen LogP) is 3.05. The maximum Gasteiger partial charge on any atom is 0.361 e. The Kier molecular flexibility index (Phi) is 5.14. The summed E-state index contributed by atoms with van der Waals surface area (Å²) in [6.45, 7) is 8.72. The molecule has 6 heteroatoms. The van der Waals surface area contributed by atoms with Crippen LogP contribution >= 0.6 is 0 Å². The number of rotatable bonds is 6. The Bertz CT molecular complexity index is 641. The smallest absolute Gasteiger partial charge is 0.361 e. The fraction of sp³-hybridized carbons (Fsp3) is 0.438. The van der Waals surface area contributed by atoms with Gasteiger partial charge in [0.05, 0.1) is 13.2 Å². The van der Waals surface area contributed by atoms with Crippen LogP contribution in [0.3, 0.4) is 0 Å². The second kappa shape index (κ2) is 7.06. The third kappa shape index (κ3) is 3.27. The summed E-state index contributed by atoms with van der Waals surface area (Å²) in [5.41, 5.74) is 3.54. The molecule has 0 saturated carbocycles. The molecule has 1 aromatic carbocycles. The monoisotopic (exact) mass is 303 g/mol. The number of carbonyl (C=O) groups excluding carboxylic acids is 1. The van der Waals surface area contributed by atoms with E-state index in [4.69, 9.17) is 9.47 Å². The molecule has 1 N–H and O–H groups in total. The van der Waals surface area contributed by atoms with Gasteiger partial charge >= 0.3 is 5.97 Å². The minimum Gasteiger partial charge on any atom is -0.494 e. The number of nitrogens with zero attached hydrogens (tertiary/aromatic N) is 2. The molecule has 0 spiro atoms. The van der Waals surface area contributed by atoms with Crippen molar-refractivity contribution >= 4 is 5.97 Å². The second-order valence-corrected chi connectivity index (χ2v) is 5.02. The van der Waals surface area contributed by atoms with Crippen LogP contribution < -0.4 is 4.74 Å². The van der Waals surface area contributed by atoms with Gasteiger partial charge in [0.25, 0.3) is 0 Å². The van der Waals surface area contributed by atoms with E-state index in [1.807, 2.05) is 26.0 Å². The first-order chi connectivity index (χ1) is 10.6. The highest BCUT2D eigenvalue weighted by molar-refractivity contribution is 5.94. The molecular formula is C16H21N3O3. The zero-order chi connectivity index (χ0) is 16.1. The van der Waals surface area contributed by atoms with E-state index in [0.29, 0.717) is 18.9 Å². The largest absolute Gasteiger partial charge is 0.494 e. The van der Waals surface area contributed by atoms with Crippen LogP contribution in [-0.2, 0) is 4.74 Å². The van der Waals surface area contributed by atoms with Crippen LogP contribution in [0.25, 0.3) is 11.3 Å². The number of aryl methyl sites for hydroxylation is 2. The Morgan fingerprint density at radius 2 is 1.86 bits per heavy atom. The van der Waals surface area contributed by atoms with Crippen LogP contribution in [0.4, 0.5) is 0 Å². The Labute approximate surface area is 129 Å². The number of H-pyrrole nitrogens is 1. The summed E-state index contributed by atoms with van der Waals surface area (Å²) in [7, 11) is 0. The SMILES string of the molecule is CCCOc1cc(C)c(-c2n[nH]nc2C(=O)OCC)c(C)c1. The molecule has 0 aliphatic heterocycles. The van der Waals surface area contributed by atoms with Crippen molar-refractivity contribution in [3.05, 3.63) is 29.0 Å². The van der Waals surface area contributed by atoms with Gasteiger partial charge in [-0.1, -0.05) is 6.92 Å². The summed E-state index contributed by atoms with van der Waals surface area (Å²) in [5.74, 6) is 0.345. The maximum absolute atomic E-state index is 12.0. The fourth-order valence-corrected chi connectivity index (χ4v) is 2.35. The third-order valence-electron chi connectivity index (χ3n) is 3.23. The minimum absolute atomic E-state index is 0.204. The molecule has 22 heavy (non-hydrogen) atoms. The van der Waals surface area contributed by atoms with Gasteiger partial charge in [-0.05, 0) is 50.5 Å². The van der Waals surface area contributed by atoms with Crippen molar-refractivity contribution in [2.45, 2.75) is 34.1 Å². The number of esters is 1. The van der Waals surface area contributed by atoms with E-state index >= 15 is 0 Å². The third-order valence-corrected chi connectivity index (χ3v) is 3.23. The van der Waals surface area contributed by atoms with Crippen LogP contribution in [0, 0.1) is 13.8 Å². The predicted molar refractivity (Wildman–Crippen MR) is 83.0 cm³/mol. The molecule has 1 aromatic heterocycles. The number of benzene rings is 1. The molecule has 0 aliphatic rings. The lowest BCUT2D eigenvalue weighted by molar-refractivity contribution is 0.0520. The first-order valence-corrected chi connectivity index (χ1v) is 7.40. The van der Waals surface area contributed by atoms with E-state index < -0.39 is 5.97 Å². The molecular weight excluding hydrogens is 282 g/mol. The highest BCUT2D eigenvalue weighted by Crippen LogP contribution is 2.31. The van der Waals surface area contributed by atoms with Gasteiger partial charge in [0.2, 0.25) is 0 Å². The van der Waals surface area contributed by atoms with Crippen LogP contribution in [0.2, 0.25) is 0 Å². The molecule has 2 aromatic rings. The molecule has 118 valence electrons. The Morgan fingerprint density at radius 1 is 1.18 bits per heavy atom. The van der Waals surface area contributed by atoms with E-state index in [-0.39, 0.29) is 5.69 Å². The molecule has 0 atom stereocenters. The van der Waals surface area contributed by atoms with Crippen LogP contribution in [0.15, 0.2) is 12.1 Å². The van der Waals surface area contributed by atoms with E-state index in [0.717, 1.165) is 28.9 Å². The van der Waals surface area contributed by atoms with Crippen molar-refractivity contribution in [1.29, 1.82) is 0 Å². The Balaban J connectivity index is 2.41. The molecule has 0 aliphatic carbocycles. The van der Waals surface area contributed by atoms with E-state index in [9.17, 15) is 4.79 Å². The van der Waals surface area contributed by atoms with Crippen molar-refractivity contribution in [2.24, 2.45) is 0 Å². The summed E-state index contributed by atoms with van der Waals surface area (Å²) in [5, 5.41) is 10.6. The number of hydrogen-bond donors (Lipinski definition) is 1. The van der Waals surface area contributed by atoms with Crippen molar-refractivity contribution in [3.8, 4) is 17.0 Å². The summed E-state index contributed by atoms with van der Waals surface area (Å²) in [6.07, 6.45) is 0.955. The number of nitrogens with one attached hydrogen (secondary N) is 1. The van der Waals surface area contributed by atoms with E-state index in [1.54, 1.807) is 6.92 Å². The zero-order valence-corrected chi connectivity index (χ0v) is 13.4. The second-order valence-electron chi connectivity index (χ2n) is 5.02. The van der Waals surface area contributed by atoms with Gasteiger partial charge in [0, 0.05) is 5.56 Å². The quantitative estimate of drug-likeness (QED) is 0.830. The first kappa shape index (κ1) is 16.0. The van der Waals surface area contributed by atoms with Crippen LogP contribution in [0.1, 0.15) is 41.9 Å². The van der Waals surface area contributed by atoms with Gasteiger partial charge in [-0.3, -0.25) is 0 Å². The van der Waals surface area contributed by atoms with Crippen LogP contribution in [-0.4, -0.2) is 34.6 Å². The number of aromatic nitrogens is 3. The molecule has 0 radical (unpaired) electrons. The van der Waals surface area contributed by atoms with Crippen molar-refractivity contribution in [1.82, 2.24) is 15.4 Å². The summed E-state index contributed by atoms with van der Waals surface area (Å²) >= 11 is 0. The topological polar surface area (TPSA) is 77.1 Å². The molecule has 0 bridgehead atoms. The number of carbonyl (C=O) groups is 1.